The highest BCUT2D eigenvalue weighted by Gasteiger charge is 2.36. The zero-order valence-corrected chi connectivity index (χ0v) is 24.9. The molecule has 0 heterocycles. The molecule has 2 aromatic rings. The normalized spacial score (nSPS) is 12.7. The van der Waals surface area contributed by atoms with Crippen molar-refractivity contribution in [1.29, 1.82) is 0 Å². The third kappa shape index (κ3) is 9.21. The molecule has 0 aromatic heterocycles. The van der Waals surface area contributed by atoms with Crippen LogP contribution in [0.2, 0.25) is 5.02 Å². The third-order valence-corrected chi connectivity index (χ3v) is 6.73. The molecule has 0 saturated carbocycles. The van der Waals surface area contributed by atoms with E-state index in [0.717, 1.165) is 5.56 Å². The average Bonchev–Trinajstić information content (AvgIpc) is 2.84. The number of aryl methyl sites for hydroxylation is 2. The van der Waals surface area contributed by atoms with Gasteiger partial charge in [0.1, 0.15) is 23.4 Å². The van der Waals surface area contributed by atoms with Crippen LogP contribution in [0, 0.1) is 13.8 Å². The Labute approximate surface area is 240 Å². The number of anilines is 1. The Morgan fingerprint density at radius 3 is 2.44 bits per heavy atom. The zero-order chi connectivity index (χ0) is 29.3. The van der Waals surface area contributed by atoms with Crippen molar-refractivity contribution in [3.05, 3.63) is 70.8 Å². The van der Waals surface area contributed by atoms with E-state index in [2.05, 4.69) is 17.2 Å². The first-order valence-electron chi connectivity index (χ1n) is 12.5. The highest BCUT2D eigenvalue weighted by molar-refractivity contribution is 7.98. The molecular formula is C29H38ClN3O5S. The predicted octanol–water partition coefficient (Wildman–Crippen LogP) is 6.00. The average molecular weight is 576 g/mol. The van der Waals surface area contributed by atoms with Gasteiger partial charge in [0.05, 0.1) is 10.7 Å². The topological polar surface area (TPSA) is 108 Å². The molecule has 3 N–H and O–H groups in total. The van der Waals surface area contributed by atoms with Crippen LogP contribution in [-0.4, -0.2) is 58.1 Å². The maximum absolute atomic E-state index is 14.0. The number of alkyl carbamates (subject to hydrolysis) is 1. The number of phenols is 1. The summed E-state index contributed by atoms with van der Waals surface area (Å²) in [5, 5.41) is 16.0. The van der Waals surface area contributed by atoms with E-state index in [-0.39, 0.29) is 12.3 Å². The van der Waals surface area contributed by atoms with Crippen molar-refractivity contribution in [1.82, 2.24) is 10.2 Å². The number of nitrogens with zero attached hydrogens (tertiary/aromatic N) is 1. The van der Waals surface area contributed by atoms with E-state index < -0.39 is 35.6 Å². The number of amides is 3. The van der Waals surface area contributed by atoms with Crippen LogP contribution in [0.25, 0.3) is 0 Å². The molecule has 0 aliphatic rings. The van der Waals surface area contributed by atoms with Crippen molar-refractivity contribution in [3.63, 3.8) is 0 Å². The van der Waals surface area contributed by atoms with Crippen molar-refractivity contribution >= 4 is 47.0 Å². The summed E-state index contributed by atoms with van der Waals surface area (Å²) in [4.78, 5) is 41.9. The number of nitrogens with one attached hydrogen (secondary N) is 2. The quantitative estimate of drug-likeness (QED) is 0.283. The first kappa shape index (κ1) is 32.0. The number of phenolic OH excluding ortho intramolecular Hbond substituents is 1. The summed E-state index contributed by atoms with van der Waals surface area (Å²) in [7, 11) is 0. The Bertz CT molecular complexity index is 1180. The lowest BCUT2D eigenvalue weighted by Gasteiger charge is -2.34. The van der Waals surface area contributed by atoms with E-state index in [4.69, 9.17) is 16.3 Å². The number of aromatic hydroxyl groups is 1. The Balaban J connectivity index is 2.57. The second kappa shape index (κ2) is 14.3. The molecule has 2 unspecified atom stereocenters. The first-order valence-corrected chi connectivity index (χ1v) is 14.3. The van der Waals surface area contributed by atoms with E-state index in [9.17, 15) is 19.5 Å². The van der Waals surface area contributed by atoms with Crippen molar-refractivity contribution in [2.75, 3.05) is 23.9 Å². The molecule has 10 heteroatoms. The highest BCUT2D eigenvalue weighted by atomic mass is 35.5. The summed E-state index contributed by atoms with van der Waals surface area (Å²) in [6.07, 6.45) is 3.01. The number of benzene rings is 2. The van der Waals surface area contributed by atoms with Gasteiger partial charge < -0.3 is 25.4 Å². The number of hydrogen-bond donors (Lipinski definition) is 3. The highest BCUT2D eigenvalue weighted by Crippen LogP contribution is 2.31. The molecular weight excluding hydrogens is 538 g/mol. The molecule has 0 bridgehead atoms. The molecule has 212 valence electrons. The van der Waals surface area contributed by atoms with E-state index in [1.54, 1.807) is 52.0 Å². The molecule has 39 heavy (non-hydrogen) atoms. The lowest BCUT2D eigenvalue weighted by Crippen LogP contribution is -2.52. The standard InChI is InChI=1S/C29H38ClN3O5S/c1-8-15-33(27(36)22(14-16-39-7)31-28(37)38-29(4,5)6)25(20-12-13-23(34)19(3)17-20)26(35)32-24-18(2)10-9-11-21(24)30/h8-13,17,22,25,34H,1,14-16H2,2-7H3,(H,31,37)(H,32,35). The summed E-state index contributed by atoms with van der Waals surface area (Å²) in [6, 6.07) is 7.91. The molecule has 0 spiro atoms. The lowest BCUT2D eigenvalue weighted by atomic mass is 9.99. The smallest absolute Gasteiger partial charge is 0.408 e. The number of ether oxygens (including phenoxy) is 1. The fourth-order valence-corrected chi connectivity index (χ4v) is 4.65. The van der Waals surface area contributed by atoms with Crippen LogP contribution in [0.3, 0.4) is 0 Å². The van der Waals surface area contributed by atoms with E-state index >= 15 is 0 Å². The minimum Gasteiger partial charge on any atom is -0.508 e. The van der Waals surface area contributed by atoms with Crippen LogP contribution in [0.4, 0.5) is 10.5 Å². The van der Waals surface area contributed by atoms with E-state index in [1.807, 2.05) is 19.2 Å². The Kier molecular flexibility index (Phi) is 11.7. The van der Waals surface area contributed by atoms with Gasteiger partial charge in [0.15, 0.2) is 0 Å². The molecule has 8 nitrogen and oxygen atoms in total. The van der Waals surface area contributed by atoms with Gasteiger partial charge >= 0.3 is 6.09 Å². The molecule has 0 saturated heterocycles. The van der Waals surface area contributed by atoms with Gasteiger partial charge in [-0.25, -0.2) is 4.79 Å². The van der Waals surface area contributed by atoms with Gasteiger partial charge in [-0.05, 0) is 87.9 Å². The maximum atomic E-state index is 14.0. The number of carbonyl (C=O) groups excluding carboxylic acids is 3. The minimum atomic E-state index is -1.12. The van der Waals surface area contributed by atoms with Gasteiger partial charge in [-0.2, -0.15) is 11.8 Å². The fourth-order valence-electron chi connectivity index (χ4n) is 3.91. The number of thioether (sulfide) groups is 1. The number of rotatable bonds is 11. The first-order chi connectivity index (χ1) is 18.3. The molecule has 0 aliphatic carbocycles. The summed E-state index contributed by atoms with van der Waals surface area (Å²) < 4.78 is 5.40. The van der Waals surface area contributed by atoms with Crippen LogP contribution < -0.4 is 10.6 Å². The zero-order valence-electron chi connectivity index (χ0n) is 23.3. The molecule has 3 amide bonds. The van der Waals surface area contributed by atoms with Crippen LogP contribution in [-0.2, 0) is 14.3 Å². The monoisotopic (exact) mass is 575 g/mol. The van der Waals surface area contributed by atoms with Gasteiger partial charge in [0, 0.05) is 6.54 Å². The van der Waals surface area contributed by atoms with Gasteiger partial charge in [-0.15, -0.1) is 6.58 Å². The van der Waals surface area contributed by atoms with E-state index in [0.29, 0.717) is 34.0 Å². The third-order valence-electron chi connectivity index (χ3n) is 5.78. The largest absolute Gasteiger partial charge is 0.508 e. The summed E-state index contributed by atoms with van der Waals surface area (Å²) >= 11 is 7.91. The van der Waals surface area contributed by atoms with Crippen molar-refractivity contribution in [3.8, 4) is 5.75 Å². The molecule has 2 aromatic carbocycles. The van der Waals surface area contributed by atoms with Crippen LogP contribution in [0.15, 0.2) is 49.1 Å². The van der Waals surface area contributed by atoms with Crippen LogP contribution >= 0.6 is 23.4 Å². The van der Waals surface area contributed by atoms with Gasteiger partial charge in [0.25, 0.3) is 5.91 Å². The Morgan fingerprint density at radius 1 is 1.18 bits per heavy atom. The van der Waals surface area contributed by atoms with Crippen LogP contribution in [0.5, 0.6) is 5.75 Å². The summed E-state index contributed by atoms with van der Waals surface area (Å²) in [5.41, 5.74) is 1.44. The minimum absolute atomic E-state index is 0.0180. The second-order valence-corrected chi connectivity index (χ2v) is 11.5. The molecule has 0 radical (unpaired) electrons. The Hall–Kier alpha value is -3.17. The Morgan fingerprint density at radius 2 is 1.87 bits per heavy atom. The molecule has 2 atom stereocenters. The summed E-state index contributed by atoms with van der Waals surface area (Å²) in [6.45, 7) is 12.5. The van der Waals surface area contributed by atoms with Gasteiger partial charge in [0.2, 0.25) is 5.91 Å². The fraction of sp³-hybridized carbons (Fsp3) is 0.414. The SMILES string of the molecule is C=CCN(C(=O)C(CCSC)NC(=O)OC(C)(C)C)C(C(=O)Nc1c(C)cccc1Cl)c1ccc(O)c(C)c1. The second-order valence-electron chi connectivity index (χ2n) is 10.1. The van der Waals surface area contributed by atoms with E-state index in [1.165, 1.54) is 28.8 Å². The van der Waals surface area contributed by atoms with Crippen LogP contribution in [0.1, 0.15) is 49.9 Å². The predicted molar refractivity (Wildman–Crippen MR) is 158 cm³/mol. The van der Waals surface area contributed by atoms with Gasteiger partial charge in [-0.3, -0.25) is 9.59 Å². The number of carbonyl (C=O) groups is 3. The summed E-state index contributed by atoms with van der Waals surface area (Å²) in [5.74, 6) is -0.336. The number of hydrogen-bond acceptors (Lipinski definition) is 6. The molecule has 0 fully saturated rings. The number of para-hydroxylation sites is 1. The number of halogens is 1. The molecule has 0 aliphatic heterocycles. The van der Waals surface area contributed by atoms with Gasteiger partial charge in [-0.1, -0.05) is 35.9 Å². The molecule has 2 rings (SSSR count). The van der Waals surface area contributed by atoms with Crippen molar-refractivity contribution in [2.24, 2.45) is 0 Å². The maximum Gasteiger partial charge on any atom is 0.408 e. The van der Waals surface area contributed by atoms with Crippen molar-refractivity contribution in [2.45, 2.75) is 58.7 Å². The lowest BCUT2D eigenvalue weighted by molar-refractivity contribution is -0.140. The van der Waals surface area contributed by atoms with Crippen molar-refractivity contribution < 1.29 is 24.2 Å².